The number of ether oxygens (including phenoxy) is 1. The highest BCUT2D eigenvalue weighted by atomic mass is 16.5. The number of fused-ring (bicyclic) bond motifs is 1. The molecule has 0 aliphatic carbocycles. The molecule has 4 atom stereocenters. The quantitative estimate of drug-likeness (QED) is 0.869. The zero-order chi connectivity index (χ0) is 19.1. The van der Waals surface area contributed by atoms with Gasteiger partial charge in [0.15, 0.2) is 0 Å². The van der Waals surface area contributed by atoms with Crippen LogP contribution in [-0.4, -0.2) is 42.1 Å². The van der Waals surface area contributed by atoms with Gasteiger partial charge >= 0.3 is 0 Å². The van der Waals surface area contributed by atoms with E-state index in [1.54, 1.807) is 6.92 Å². The molecule has 0 saturated carbocycles. The molecule has 1 spiro atoms. The maximum Gasteiger partial charge on any atom is 0.216 e. The lowest BCUT2D eigenvalue weighted by atomic mass is 9.73. The number of rotatable bonds is 5. The summed E-state index contributed by atoms with van der Waals surface area (Å²) in [6.45, 7) is 5.37. The fourth-order valence-electron chi connectivity index (χ4n) is 5.74. The molecule has 3 saturated heterocycles. The van der Waals surface area contributed by atoms with E-state index >= 15 is 0 Å². The van der Waals surface area contributed by atoms with Crippen LogP contribution in [0.5, 0.6) is 0 Å². The topological polar surface area (TPSA) is 41.6 Å². The first-order chi connectivity index (χ1) is 13.6. The molecule has 4 heteroatoms. The molecule has 5 rings (SSSR count). The predicted molar refractivity (Wildman–Crippen MR) is 110 cm³/mol. The van der Waals surface area contributed by atoms with Crippen molar-refractivity contribution in [2.24, 2.45) is 11.8 Å². The third kappa shape index (κ3) is 3.05. The SMILES string of the molecule is CC(=O)NC[C@H]1[C@H]2CN(Cc3ccccc3-c3ccccc3)C[C@]23CC[C@H]1O3. The number of amides is 1. The van der Waals surface area contributed by atoms with Crippen LogP contribution in [0.3, 0.4) is 0 Å². The minimum absolute atomic E-state index is 0.00942. The Labute approximate surface area is 166 Å². The van der Waals surface area contributed by atoms with Crippen LogP contribution in [0.1, 0.15) is 25.3 Å². The van der Waals surface area contributed by atoms with Crippen molar-refractivity contribution in [1.29, 1.82) is 0 Å². The fourth-order valence-corrected chi connectivity index (χ4v) is 5.74. The molecule has 0 unspecified atom stereocenters. The fraction of sp³-hybridized carbons (Fsp3) is 0.458. The minimum atomic E-state index is 0.00942. The second kappa shape index (κ2) is 7.02. The van der Waals surface area contributed by atoms with Crippen molar-refractivity contribution >= 4 is 5.91 Å². The van der Waals surface area contributed by atoms with Crippen molar-refractivity contribution < 1.29 is 9.53 Å². The molecular weight excluding hydrogens is 348 g/mol. The lowest BCUT2D eigenvalue weighted by molar-refractivity contribution is -0.119. The standard InChI is InChI=1S/C24H28N2O2/c1-17(27)25-13-21-22-15-26(16-24(22)12-11-23(21)28-24)14-19-9-5-6-10-20(19)18-7-3-2-4-8-18/h2-10,21-23H,11-16H2,1H3,(H,25,27)/t21-,22+,23+,24+/m0/s1. The summed E-state index contributed by atoms with van der Waals surface area (Å²) in [6.07, 6.45) is 2.63. The van der Waals surface area contributed by atoms with Crippen molar-refractivity contribution in [3.63, 3.8) is 0 Å². The van der Waals surface area contributed by atoms with E-state index < -0.39 is 0 Å². The van der Waals surface area contributed by atoms with Gasteiger partial charge in [0, 0.05) is 44.9 Å². The first-order valence-electron chi connectivity index (χ1n) is 10.4. The van der Waals surface area contributed by atoms with E-state index in [1.165, 1.54) is 16.7 Å². The first-order valence-corrected chi connectivity index (χ1v) is 10.4. The van der Waals surface area contributed by atoms with Crippen LogP contribution in [0.2, 0.25) is 0 Å². The summed E-state index contributed by atoms with van der Waals surface area (Å²) >= 11 is 0. The van der Waals surface area contributed by atoms with Gasteiger partial charge in [0.05, 0.1) is 11.7 Å². The van der Waals surface area contributed by atoms with Gasteiger partial charge in [-0.05, 0) is 29.5 Å². The van der Waals surface area contributed by atoms with E-state index in [-0.39, 0.29) is 11.5 Å². The van der Waals surface area contributed by atoms with E-state index in [0.717, 1.165) is 39.0 Å². The number of carbonyl (C=O) groups is 1. The van der Waals surface area contributed by atoms with Crippen LogP contribution >= 0.6 is 0 Å². The van der Waals surface area contributed by atoms with Crippen LogP contribution < -0.4 is 5.32 Å². The first kappa shape index (κ1) is 17.9. The number of hydrogen-bond donors (Lipinski definition) is 1. The minimum Gasteiger partial charge on any atom is -0.370 e. The maximum absolute atomic E-state index is 11.4. The third-order valence-electron chi connectivity index (χ3n) is 6.94. The number of carbonyl (C=O) groups excluding carboxylic acids is 1. The van der Waals surface area contributed by atoms with Crippen molar-refractivity contribution in [2.45, 2.75) is 38.0 Å². The van der Waals surface area contributed by atoms with Crippen molar-refractivity contribution in [3.8, 4) is 11.1 Å². The zero-order valence-corrected chi connectivity index (χ0v) is 16.4. The van der Waals surface area contributed by atoms with E-state index in [4.69, 9.17) is 4.74 Å². The van der Waals surface area contributed by atoms with E-state index in [1.807, 2.05) is 0 Å². The summed E-state index contributed by atoms with van der Waals surface area (Å²) in [4.78, 5) is 14.0. The molecule has 4 nitrogen and oxygen atoms in total. The Balaban J connectivity index is 1.34. The summed E-state index contributed by atoms with van der Waals surface area (Å²) in [5.74, 6) is 1.04. The molecule has 3 fully saturated rings. The Morgan fingerprint density at radius 2 is 1.96 bits per heavy atom. The Bertz CT molecular complexity index is 868. The van der Waals surface area contributed by atoms with Crippen LogP contribution in [0.15, 0.2) is 54.6 Å². The average Bonchev–Trinajstić information content (AvgIpc) is 3.35. The molecule has 1 N–H and O–H groups in total. The van der Waals surface area contributed by atoms with Crippen molar-refractivity contribution in [2.75, 3.05) is 19.6 Å². The van der Waals surface area contributed by atoms with Crippen LogP contribution in [-0.2, 0) is 16.1 Å². The third-order valence-corrected chi connectivity index (χ3v) is 6.94. The normalized spacial score (nSPS) is 31.1. The largest absolute Gasteiger partial charge is 0.370 e. The summed E-state index contributed by atoms with van der Waals surface area (Å²) in [5.41, 5.74) is 3.97. The molecule has 0 aromatic heterocycles. The van der Waals surface area contributed by atoms with Crippen molar-refractivity contribution in [1.82, 2.24) is 10.2 Å². The van der Waals surface area contributed by atoms with Gasteiger partial charge in [-0.2, -0.15) is 0 Å². The summed E-state index contributed by atoms with van der Waals surface area (Å²) in [5, 5.41) is 3.04. The number of hydrogen-bond acceptors (Lipinski definition) is 3. The second-order valence-corrected chi connectivity index (χ2v) is 8.66. The molecule has 28 heavy (non-hydrogen) atoms. The highest BCUT2D eigenvalue weighted by Gasteiger charge is 2.62. The lowest BCUT2D eigenvalue weighted by Crippen LogP contribution is -2.41. The van der Waals surface area contributed by atoms with Gasteiger partial charge in [0.25, 0.3) is 0 Å². The van der Waals surface area contributed by atoms with Gasteiger partial charge in [-0.3, -0.25) is 9.69 Å². The predicted octanol–water partition coefficient (Wildman–Crippen LogP) is 3.47. The smallest absolute Gasteiger partial charge is 0.216 e. The number of likely N-dealkylation sites (tertiary alicyclic amines) is 1. The average molecular weight is 377 g/mol. The van der Waals surface area contributed by atoms with E-state index in [9.17, 15) is 4.79 Å². The Morgan fingerprint density at radius 3 is 2.79 bits per heavy atom. The molecule has 3 heterocycles. The number of nitrogens with one attached hydrogen (secondary N) is 1. The van der Waals surface area contributed by atoms with Gasteiger partial charge < -0.3 is 10.1 Å². The highest BCUT2D eigenvalue weighted by Crippen LogP contribution is 2.54. The lowest BCUT2D eigenvalue weighted by Gasteiger charge is -2.29. The molecule has 146 valence electrons. The molecule has 3 aliphatic rings. The molecule has 2 aromatic carbocycles. The zero-order valence-electron chi connectivity index (χ0n) is 16.4. The van der Waals surface area contributed by atoms with Gasteiger partial charge in [-0.1, -0.05) is 54.6 Å². The Hall–Kier alpha value is -2.17. The van der Waals surface area contributed by atoms with Crippen molar-refractivity contribution in [3.05, 3.63) is 60.2 Å². The molecular formula is C24H28N2O2. The number of nitrogens with zero attached hydrogens (tertiary/aromatic N) is 1. The molecule has 2 aromatic rings. The van der Waals surface area contributed by atoms with Gasteiger partial charge in [0.2, 0.25) is 5.91 Å². The van der Waals surface area contributed by atoms with E-state index in [0.29, 0.717) is 17.9 Å². The van der Waals surface area contributed by atoms with Crippen LogP contribution in [0.4, 0.5) is 0 Å². The van der Waals surface area contributed by atoms with Gasteiger partial charge in [-0.15, -0.1) is 0 Å². The Kier molecular flexibility index (Phi) is 4.48. The molecule has 2 bridgehead atoms. The summed E-state index contributed by atoms with van der Waals surface area (Å²) in [7, 11) is 0. The molecule has 1 amide bonds. The summed E-state index contributed by atoms with van der Waals surface area (Å²) in [6, 6.07) is 19.4. The number of benzene rings is 2. The summed E-state index contributed by atoms with van der Waals surface area (Å²) < 4.78 is 6.52. The van der Waals surface area contributed by atoms with Crippen LogP contribution in [0, 0.1) is 11.8 Å². The highest BCUT2D eigenvalue weighted by molar-refractivity contribution is 5.72. The second-order valence-electron chi connectivity index (χ2n) is 8.66. The van der Waals surface area contributed by atoms with Gasteiger partial charge in [0.1, 0.15) is 0 Å². The van der Waals surface area contributed by atoms with Crippen LogP contribution in [0.25, 0.3) is 11.1 Å². The molecule has 3 aliphatic heterocycles. The Morgan fingerprint density at radius 1 is 1.18 bits per heavy atom. The van der Waals surface area contributed by atoms with Gasteiger partial charge in [-0.25, -0.2) is 0 Å². The maximum atomic E-state index is 11.4. The monoisotopic (exact) mass is 376 g/mol. The van der Waals surface area contributed by atoms with E-state index in [2.05, 4.69) is 64.8 Å². The molecule has 0 radical (unpaired) electrons.